The van der Waals surface area contributed by atoms with E-state index in [-0.39, 0.29) is 5.12 Å². The van der Waals surface area contributed by atoms with Crippen molar-refractivity contribution in [3.8, 4) is 0 Å². The number of thioether (sulfide) groups is 3. The van der Waals surface area contributed by atoms with E-state index < -0.39 is 0 Å². The Kier molecular flexibility index (Phi) is 7.49. The topological polar surface area (TPSA) is 20.3 Å². The summed E-state index contributed by atoms with van der Waals surface area (Å²) in [4.78, 5) is 13.6. The Labute approximate surface area is 197 Å². The molecule has 5 heteroatoms. The number of rotatable bonds is 7. The molecule has 0 saturated carbocycles. The Balaban J connectivity index is 1.77. The van der Waals surface area contributed by atoms with E-state index in [1.165, 1.54) is 49.8 Å². The summed E-state index contributed by atoms with van der Waals surface area (Å²) in [6, 6.07) is 28.0. The third kappa shape index (κ3) is 4.89. The van der Waals surface area contributed by atoms with Gasteiger partial charge in [0.15, 0.2) is 5.12 Å². The van der Waals surface area contributed by atoms with Crippen LogP contribution in [0.15, 0.2) is 83.1 Å². The van der Waals surface area contributed by atoms with E-state index in [1.807, 2.05) is 23.5 Å². The van der Waals surface area contributed by atoms with Crippen LogP contribution in [0.25, 0.3) is 5.57 Å². The highest BCUT2D eigenvalue weighted by Crippen LogP contribution is 2.52. The SMILES string of the molecule is CSC(SCCCSC(C)=O)=C1c2ccccc2N(c2ccccc2)c2ccccc21. The molecule has 0 radical (unpaired) electrons. The van der Waals surface area contributed by atoms with Crippen molar-refractivity contribution in [2.45, 2.75) is 13.3 Å². The Morgan fingerprint density at radius 2 is 1.32 bits per heavy atom. The van der Waals surface area contributed by atoms with Gasteiger partial charge in [-0.15, -0.1) is 23.5 Å². The van der Waals surface area contributed by atoms with E-state index >= 15 is 0 Å². The van der Waals surface area contributed by atoms with Crippen LogP contribution in [0.2, 0.25) is 0 Å². The van der Waals surface area contributed by atoms with Gasteiger partial charge in [-0.25, -0.2) is 0 Å². The van der Waals surface area contributed by atoms with E-state index in [2.05, 4.69) is 90.0 Å². The lowest BCUT2D eigenvalue weighted by atomic mass is 9.91. The molecule has 0 spiro atoms. The number of hydrogen-bond acceptors (Lipinski definition) is 5. The number of anilines is 3. The van der Waals surface area contributed by atoms with Gasteiger partial charge in [-0.1, -0.05) is 66.4 Å². The van der Waals surface area contributed by atoms with Crippen LogP contribution < -0.4 is 4.90 Å². The van der Waals surface area contributed by atoms with Gasteiger partial charge in [-0.2, -0.15) is 0 Å². The number of carbonyl (C=O) groups excluding carboxylic acids is 1. The zero-order valence-electron chi connectivity index (χ0n) is 17.7. The van der Waals surface area contributed by atoms with Gasteiger partial charge >= 0.3 is 0 Å². The first kappa shape index (κ1) is 22.1. The molecule has 1 aliphatic heterocycles. The molecule has 4 rings (SSSR count). The van der Waals surface area contributed by atoms with Crippen molar-refractivity contribution < 1.29 is 4.79 Å². The fraction of sp³-hybridized carbons (Fsp3) is 0.192. The molecule has 0 fully saturated rings. The molecule has 1 heterocycles. The van der Waals surface area contributed by atoms with Crippen molar-refractivity contribution >= 4 is 63.0 Å². The van der Waals surface area contributed by atoms with Crippen LogP contribution in [0, 0.1) is 0 Å². The second-order valence-electron chi connectivity index (χ2n) is 7.11. The lowest BCUT2D eigenvalue weighted by molar-refractivity contribution is -0.109. The Hall–Kier alpha value is -2.08. The van der Waals surface area contributed by atoms with Crippen molar-refractivity contribution in [1.82, 2.24) is 0 Å². The maximum Gasteiger partial charge on any atom is 0.185 e. The van der Waals surface area contributed by atoms with Crippen LogP contribution in [0.4, 0.5) is 17.1 Å². The summed E-state index contributed by atoms with van der Waals surface area (Å²) in [6.07, 6.45) is 3.18. The van der Waals surface area contributed by atoms with Gasteiger partial charge in [-0.3, -0.25) is 4.79 Å². The van der Waals surface area contributed by atoms with Crippen LogP contribution in [-0.4, -0.2) is 22.9 Å². The molecule has 2 nitrogen and oxygen atoms in total. The van der Waals surface area contributed by atoms with E-state index in [0.29, 0.717) is 0 Å². The van der Waals surface area contributed by atoms with Crippen molar-refractivity contribution in [2.24, 2.45) is 0 Å². The summed E-state index contributed by atoms with van der Waals surface area (Å²) < 4.78 is 1.33. The quantitative estimate of drug-likeness (QED) is 0.258. The molecular weight excluding hydrogens is 438 g/mol. The third-order valence-electron chi connectivity index (χ3n) is 5.06. The summed E-state index contributed by atoms with van der Waals surface area (Å²) in [5.41, 5.74) is 7.43. The fourth-order valence-electron chi connectivity index (χ4n) is 3.78. The summed E-state index contributed by atoms with van der Waals surface area (Å²) in [5.74, 6) is 1.89. The van der Waals surface area contributed by atoms with Gasteiger partial charge in [0, 0.05) is 39.3 Å². The zero-order valence-corrected chi connectivity index (χ0v) is 20.2. The molecular formula is C26H25NOS3. The number of hydrogen-bond donors (Lipinski definition) is 0. The molecule has 1 aliphatic rings. The molecule has 0 aliphatic carbocycles. The van der Waals surface area contributed by atoms with Crippen molar-refractivity contribution in [3.05, 3.63) is 94.2 Å². The highest BCUT2D eigenvalue weighted by Gasteiger charge is 2.29. The molecule has 158 valence electrons. The lowest BCUT2D eigenvalue weighted by Crippen LogP contribution is -2.18. The highest BCUT2D eigenvalue weighted by atomic mass is 32.2. The highest BCUT2D eigenvalue weighted by molar-refractivity contribution is 8.22. The molecule has 0 unspecified atom stereocenters. The predicted octanol–water partition coefficient (Wildman–Crippen LogP) is 7.95. The van der Waals surface area contributed by atoms with Gasteiger partial charge in [0.05, 0.1) is 11.4 Å². The molecule has 0 bridgehead atoms. The maximum atomic E-state index is 11.2. The smallest absolute Gasteiger partial charge is 0.185 e. The van der Waals surface area contributed by atoms with Crippen LogP contribution in [0.3, 0.4) is 0 Å². The van der Waals surface area contributed by atoms with Gasteiger partial charge in [0.2, 0.25) is 0 Å². The van der Waals surface area contributed by atoms with Crippen LogP contribution >= 0.6 is 35.3 Å². The van der Waals surface area contributed by atoms with Crippen LogP contribution in [0.5, 0.6) is 0 Å². The van der Waals surface area contributed by atoms with Crippen molar-refractivity contribution in [3.63, 3.8) is 0 Å². The summed E-state index contributed by atoms with van der Waals surface area (Å²) in [7, 11) is 0. The summed E-state index contributed by atoms with van der Waals surface area (Å²) >= 11 is 5.14. The molecule has 0 N–H and O–H groups in total. The van der Waals surface area contributed by atoms with E-state index in [1.54, 1.807) is 6.92 Å². The first-order valence-corrected chi connectivity index (χ1v) is 13.5. The first-order valence-electron chi connectivity index (χ1n) is 10.3. The van der Waals surface area contributed by atoms with Gasteiger partial charge in [0.1, 0.15) is 0 Å². The minimum atomic E-state index is 0.199. The molecule has 0 amide bonds. The minimum Gasteiger partial charge on any atom is -0.309 e. The maximum absolute atomic E-state index is 11.2. The number of carbonyl (C=O) groups is 1. The molecule has 31 heavy (non-hydrogen) atoms. The minimum absolute atomic E-state index is 0.199. The first-order chi connectivity index (χ1) is 15.2. The molecule has 3 aromatic carbocycles. The van der Waals surface area contributed by atoms with E-state index in [0.717, 1.165) is 17.9 Å². The average Bonchev–Trinajstić information content (AvgIpc) is 2.80. The largest absolute Gasteiger partial charge is 0.309 e. The third-order valence-corrected chi connectivity index (χ3v) is 8.35. The van der Waals surface area contributed by atoms with E-state index in [9.17, 15) is 4.79 Å². The van der Waals surface area contributed by atoms with Gasteiger partial charge < -0.3 is 4.90 Å². The van der Waals surface area contributed by atoms with E-state index in [4.69, 9.17) is 0 Å². The Morgan fingerprint density at radius 3 is 1.90 bits per heavy atom. The molecule has 0 aromatic heterocycles. The van der Waals surface area contributed by atoms with Crippen LogP contribution in [-0.2, 0) is 4.79 Å². The second-order valence-corrected chi connectivity index (χ2v) is 10.6. The Morgan fingerprint density at radius 1 is 0.774 bits per heavy atom. The normalized spacial score (nSPS) is 12.3. The van der Waals surface area contributed by atoms with Crippen molar-refractivity contribution in [2.75, 3.05) is 22.7 Å². The molecule has 0 atom stereocenters. The monoisotopic (exact) mass is 463 g/mol. The predicted molar refractivity (Wildman–Crippen MR) is 141 cm³/mol. The Bertz CT molecular complexity index is 1050. The van der Waals surface area contributed by atoms with Gasteiger partial charge in [0.25, 0.3) is 0 Å². The summed E-state index contributed by atoms with van der Waals surface area (Å²) in [5, 5.41) is 0.199. The number of fused-ring (bicyclic) bond motifs is 2. The van der Waals surface area contributed by atoms with Crippen LogP contribution in [0.1, 0.15) is 24.5 Å². The van der Waals surface area contributed by atoms with Gasteiger partial charge in [-0.05, 0) is 42.7 Å². The number of benzene rings is 3. The molecule has 3 aromatic rings. The zero-order chi connectivity index (χ0) is 21.6. The summed E-state index contributed by atoms with van der Waals surface area (Å²) in [6.45, 7) is 1.64. The lowest BCUT2D eigenvalue weighted by Gasteiger charge is -2.35. The standard InChI is InChI=1S/C26H25NOS3/c1-19(28)30-17-10-18-31-26(29-2)25-21-13-6-8-15-23(21)27(20-11-4-3-5-12-20)24-16-9-7-14-22(24)25/h3-9,11-16H,10,17-18H2,1-2H3. The molecule has 0 saturated heterocycles. The number of nitrogens with zero attached hydrogens (tertiary/aromatic N) is 1. The fourth-order valence-corrected chi connectivity index (χ4v) is 6.53. The van der Waals surface area contributed by atoms with Crippen molar-refractivity contribution in [1.29, 1.82) is 0 Å². The average molecular weight is 464 g/mol. The second kappa shape index (κ2) is 10.5. The number of para-hydroxylation sites is 3.